The number of sulfonamides is 1. The predicted octanol–water partition coefficient (Wildman–Crippen LogP) is 2.12. The minimum atomic E-state index is -3.43. The highest BCUT2D eigenvalue weighted by molar-refractivity contribution is 7.92. The average Bonchev–Trinajstić information content (AvgIpc) is 2.46. The molecule has 0 fully saturated rings. The van der Waals surface area contributed by atoms with Crippen LogP contribution in [0.25, 0.3) is 0 Å². The Hall–Kier alpha value is -1.92. The molecule has 6 heteroatoms. The van der Waals surface area contributed by atoms with E-state index in [-0.39, 0.29) is 5.75 Å². The molecule has 0 aliphatic carbocycles. The number of aromatic nitrogens is 1. The van der Waals surface area contributed by atoms with E-state index < -0.39 is 16.1 Å². The monoisotopic (exact) mass is 306 g/mol. The van der Waals surface area contributed by atoms with Crippen molar-refractivity contribution in [2.75, 3.05) is 10.5 Å². The van der Waals surface area contributed by atoms with Gasteiger partial charge in [0.15, 0.2) is 0 Å². The van der Waals surface area contributed by atoms with E-state index in [2.05, 4.69) is 9.71 Å². The quantitative estimate of drug-likeness (QED) is 0.857. The molecule has 0 aliphatic heterocycles. The second kappa shape index (κ2) is 6.69. The van der Waals surface area contributed by atoms with Gasteiger partial charge in [-0.2, -0.15) is 0 Å². The van der Waals surface area contributed by atoms with Gasteiger partial charge in [-0.15, -0.1) is 0 Å². The molecule has 1 unspecified atom stereocenters. The van der Waals surface area contributed by atoms with Crippen molar-refractivity contribution in [3.05, 3.63) is 59.9 Å². The molecule has 2 N–H and O–H groups in total. The van der Waals surface area contributed by atoms with Crippen LogP contribution in [0.3, 0.4) is 0 Å². The third kappa shape index (κ3) is 4.84. The van der Waals surface area contributed by atoms with Crippen molar-refractivity contribution < 1.29 is 13.5 Å². The van der Waals surface area contributed by atoms with Gasteiger partial charge in [0.25, 0.3) is 0 Å². The van der Waals surface area contributed by atoms with E-state index >= 15 is 0 Å². The first-order valence-corrected chi connectivity index (χ1v) is 8.29. The van der Waals surface area contributed by atoms with Gasteiger partial charge in [0, 0.05) is 18.1 Å². The average molecular weight is 306 g/mol. The lowest BCUT2D eigenvalue weighted by atomic mass is 10.1. The third-order valence-corrected chi connectivity index (χ3v) is 4.34. The molecular weight excluding hydrogens is 288 g/mol. The summed E-state index contributed by atoms with van der Waals surface area (Å²) in [6, 6.07) is 10.3. The number of anilines is 1. The molecule has 1 aromatic carbocycles. The molecule has 2 aromatic rings. The molecule has 1 heterocycles. The highest BCUT2D eigenvalue weighted by atomic mass is 32.2. The Kier molecular flexibility index (Phi) is 4.93. The maximum Gasteiger partial charge on any atom is 0.233 e. The lowest BCUT2D eigenvalue weighted by Crippen LogP contribution is -2.18. The highest BCUT2D eigenvalue weighted by Crippen LogP contribution is 2.18. The number of nitrogens with zero attached hydrogens (tertiary/aromatic N) is 1. The Morgan fingerprint density at radius 2 is 1.95 bits per heavy atom. The molecule has 0 aliphatic rings. The molecule has 0 spiro atoms. The molecule has 0 amide bonds. The van der Waals surface area contributed by atoms with E-state index in [1.165, 1.54) is 0 Å². The van der Waals surface area contributed by atoms with Gasteiger partial charge >= 0.3 is 0 Å². The zero-order valence-corrected chi connectivity index (χ0v) is 12.5. The number of aliphatic hydroxyl groups is 1. The number of aryl methyl sites for hydroxylation is 1. The number of hydrogen-bond donors (Lipinski definition) is 2. The number of aliphatic hydroxyl groups excluding tert-OH is 1. The first kappa shape index (κ1) is 15.5. The predicted molar refractivity (Wildman–Crippen MR) is 82.4 cm³/mol. The Morgan fingerprint density at radius 3 is 2.62 bits per heavy atom. The van der Waals surface area contributed by atoms with Crippen LogP contribution in [-0.4, -0.2) is 24.3 Å². The van der Waals surface area contributed by atoms with Crippen LogP contribution in [0, 0.1) is 0 Å². The zero-order valence-electron chi connectivity index (χ0n) is 11.7. The van der Waals surface area contributed by atoms with Crippen molar-refractivity contribution in [2.24, 2.45) is 0 Å². The molecule has 21 heavy (non-hydrogen) atoms. The van der Waals surface area contributed by atoms with Gasteiger partial charge in [-0.1, -0.05) is 12.1 Å². The van der Waals surface area contributed by atoms with Gasteiger partial charge in [0.05, 0.1) is 11.9 Å². The molecule has 112 valence electrons. The fraction of sp³-hybridized carbons (Fsp3) is 0.267. The van der Waals surface area contributed by atoms with E-state index in [0.717, 1.165) is 5.56 Å². The molecule has 0 saturated heterocycles. The van der Waals surface area contributed by atoms with Crippen molar-refractivity contribution >= 4 is 15.7 Å². The van der Waals surface area contributed by atoms with Gasteiger partial charge in [-0.3, -0.25) is 9.71 Å². The van der Waals surface area contributed by atoms with Crippen LogP contribution in [-0.2, 0) is 16.4 Å². The van der Waals surface area contributed by atoms with Crippen LogP contribution in [0.2, 0.25) is 0 Å². The topological polar surface area (TPSA) is 79.3 Å². The summed E-state index contributed by atoms with van der Waals surface area (Å²) in [5.74, 6) is -0.00405. The molecule has 5 nitrogen and oxygen atoms in total. The van der Waals surface area contributed by atoms with Crippen molar-refractivity contribution in [2.45, 2.75) is 19.4 Å². The van der Waals surface area contributed by atoms with E-state index in [1.807, 2.05) is 0 Å². The second-order valence-electron chi connectivity index (χ2n) is 4.83. The summed E-state index contributed by atoms with van der Waals surface area (Å²) < 4.78 is 26.7. The first-order valence-electron chi connectivity index (χ1n) is 6.64. The van der Waals surface area contributed by atoms with E-state index in [0.29, 0.717) is 17.7 Å². The van der Waals surface area contributed by atoms with E-state index in [1.54, 1.807) is 55.7 Å². The van der Waals surface area contributed by atoms with Crippen molar-refractivity contribution in [3.63, 3.8) is 0 Å². The van der Waals surface area contributed by atoms with Crippen molar-refractivity contribution in [1.82, 2.24) is 4.98 Å². The summed E-state index contributed by atoms with van der Waals surface area (Å²) in [4.78, 5) is 3.89. The minimum absolute atomic E-state index is 0.00405. The fourth-order valence-electron chi connectivity index (χ4n) is 1.89. The largest absolute Gasteiger partial charge is 0.389 e. The van der Waals surface area contributed by atoms with Gasteiger partial charge in [0.1, 0.15) is 0 Å². The summed E-state index contributed by atoms with van der Waals surface area (Å²) >= 11 is 0. The fourth-order valence-corrected chi connectivity index (χ4v) is 2.99. The summed E-state index contributed by atoms with van der Waals surface area (Å²) in [6.07, 6.45) is 3.07. The number of nitrogens with one attached hydrogen (secondary N) is 1. The Bertz CT molecular complexity index is 685. The maximum atomic E-state index is 12.1. The van der Waals surface area contributed by atoms with Gasteiger partial charge in [-0.25, -0.2) is 8.42 Å². The second-order valence-corrected chi connectivity index (χ2v) is 6.67. The van der Waals surface area contributed by atoms with Crippen molar-refractivity contribution in [3.8, 4) is 0 Å². The molecule has 0 radical (unpaired) electrons. The number of benzene rings is 1. The van der Waals surface area contributed by atoms with Crippen LogP contribution >= 0.6 is 0 Å². The van der Waals surface area contributed by atoms with E-state index in [4.69, 9.17) is 0 Å². The first-order chi connectivity index (χ1) is 9.96. The summed E-state index contributed by atoms with van der Waals surface area (Å²) in [5.41, 5.74) is 2.06. The molecule has 0 saturated carbocycles. The Balaban J connectivity index is 2.02. The van der Waals surface area contributed by atoms with Crippen LogP contribution < -0.4 is 4.72 Å². The minimum Gasteiger partial charge on any atom is -0.389 e. The Morgan fingerprint density at radius 1 is 1.24 bits per heavy atom. The number of pyridine rings is 1. The molecule has 1 atom stereocenters. The zero-order chi connectivity index (χ0) is 15.3. The smallest absolute Gasteiger partial charge is 0.233 e. The third-order valence-electron chi connectivity index (χ3n) is 3.05. The molecule has 2 rings (SSSR count). The van der Waals surface area contributed by atoms with Gasteiger partial charge < -0.3 is 5.11 Å². The van der Waals surface area contributed by atoms with Crippen molar-refractivity contribution in [1.29, 1.82) is 0 Å². The lowest BCUT2D eigenvalue weighted by Gasteiger charge is -2.10. The Labute approximate surface area is 124 Å². The summed E-state index contributed by atoms with van der Waals surface area (Å²) in [5, 5.41) is 9.52. The summed E-state index contributed by atoms with van der Waals surface area (Å²) in [7, 11) is -3.43. The lowest BCUT2D eigenvalue weighted by molar-refractivity contribution is 0.199. The summed E-state index contributed by atoms with van der Waals surface area (Å²) in [6.45, 7) is 1.64. The van der Waals surface area contributed by atoms with Gasteiger partial charge in [0.2, 0.25) is 10.0 Å². The van der Waals surface area contributed by atoms with Crippen LogP contribution in [0.4, 0.5) is 5.69 Å². The SMILES string of the molecule is CC(O)c1cccc(NS(=O)(=O)CCc2ccncc2)c1. The normalized spacial score (nSPS) is 12.9. The van der Waals surface area contributed by atoms with Crippen LogP contribution in [0.5, 0.6) is 0 Å². The molecular formula is C15H18N2O3S. The molecule has 0 bridgehead atoms. The maximum absolute atomic E-state index is 12.1. The number of hydrogen-bond acceptors (Lipinski definition) is 4. The van der Waals surface area contributed by atoms with Gasteiger partial charge in [-0.05, 0) is 48.7 Å². The van der Waals surface area contributed by atoms with Crippen LogP contribution in [0.1, 0.15) is 24.2 Å². The van der Waals surface area contributed by atoms with Crippen LogP contribution in [0.15, 0.2) is 48.8 Å². The molecule has 1 aromatic heterocycles. The standard InChI is InChI=1S/C15H18N2O3S/c1-12(18)14-3-2-4-15(11-14)17-21(19,20)10-7-13-5-8-16-9-6-13/h2-6,8-9,11-12,17-18H,7,10H2,1H3. The highest BCUT2D eigenvalue weighted by Gasteiger charge is 2.11. The number of rotatable bonds is 6. The van der Waals surface area contributed by atoms with E-state index in [9.17, 15) is 13.5 Å².